The molecule has 0 amide bonds. The fourth-order valence-corrected chi connectivity index (χ4v) is 4.74. The Balaban J connectivity index is 1.43. The minimum absolute atomic E-state index is 0.00868. The molecule has 1 aliphatic rings. The maximum atomic E-state index is 13.5. The van der Waals surface area contributed by atoms with E-state index in [2.05, 4.69) is 10.00 Å². The summed E-state index contributed by atoms with van der Waals surface area (Å²) >= 11 is 5.58. The van der Waals surface area contributed by atoms with Crippen molar-refractivity contribution in [2.24, 2.45) is 13.0 Å². The number of esters is 1. The lowest BCUT2D eigenvalue weighted by Crippen LogP contribution is -2.37. The monoisotopic (exact) mass is 472 g/mol. The van der Waals surface area contributed by atoms with Gasteiger partial charge >= 0.3 is 5.97 Å². The molecule has 0 aliphatic carbocycles. The second-order valence-corrected chi connectivity index (χ2v) is 8.77. The van der Waals surface area contributed by atoms with Crippen molar-refractivity contribution in [3.63, 3.8) is 0 Å². The van der Waals surface area contributed by atoms with E-state index in [0.717, 1.165) is 31.5 Å². The van der Waals surface area contributed by atoms with Gasteiger partial charge in [0, 0.05) is 20.1 Å². The van der Waals surface area contributed by atoms with Crippen molar-refractivity contribution in [1.29, 1.82) is 0 Å². The zero-order valence-corrected chi connectivity index (χ0v) is 19.8. The lowest BCUT2D eigenvalue weighted by Gasteiger charge is -2.36. The van der Waals surface area contributed by atoms with Crippen LogP contribution in [0.25, 0.3) is 11.6 Å². The Morgan fingerprint density at radius 2 is 2.00 bits per heavy atom. The molecule has 0 N–H and O–H groups in total. The molecule has 0 radical (unpaired) electrons. The lowest BCUT2D eigenvalue weighted by atomic mass is 9.78. The van der Waals surface area contributed by atoms with Gasteiger partial charge in [0.05, 0.1) is 26.0 Å². The van der Waals surface area contributed by atoms with Crippen molar-refractivity contribution in [3.05, 3.63) is 58.8 Å². The predicted molar refractivity (Wildman–Crippen MR) is 124 cm³/mol. The van der Waals surface area contributed by atoms with E-state index in [9.17, 15) is 9.18 Å². The number of furan rings is 1. The standard InChI is InChI=1S/C24H29FN4O3S/c1-3-31-22(30)15-20(17-6-8-19(25)9-7-17)18-10-12-28(13-11-18)16-29-24(33)27(2)23(26-29)21-5-4-14-32-21/h4-9,14,18,20H,3,10-13,15-16H2,1-2H3. The highest BCUT2D eigenvalue weighted by Crippen LogP contribution is 2.36. The van der Waals surface area contributed by atoms with Gasteiger partial charge in [-0.15, -0.1) is 5.10 Å². The van der Waals surface area contributed by atoms with Crippen LogP contribution in [-0.2, 0) is 23.2 Å². The summed E-state index contributed by atoms with van der Waals surface area (Å²) in [7, 11) is 1.89. The highest BCUT2D eigenvalue weighted by Gasteiger charge is 2.30. The first kappa shape index (κ1) is 23.4. The van der Waals surface area contributed by atoms with E-state index < -0.39 is 0 Å². The SMILES string of the molecule is CCOC(=O)CC(c1ccc(F)cc1)C1CCN(Cn2nc(-c3ccco3)n(C)c2=S)CC1. The third-order valence-electron chi connectivity index (χ3n) is 6.31. The molecule has 33 heavy (non-hydrogen) atoms. The predicted octanol–water partition coefficient (Wildman–Crippen LogP) is 4.76. The second kappa shape index (κ2) is 10.4. The molecular formula is C24H29FN4O3S. The Kier molecular flexibility index (Phi) is 7.39. The number of ether oxygens (including phenoxy) is 1. The summed E-state index contributed by atoms with van der Waals surface area (Å²) in [6.45, 7) is 4.49. The molecule has 1 fully saturated rings. The molecule has 1 aliphatic heterocycles. The summed E-state index contributed by atoms with van der Waals surface area (Å²) in [6.07, 6.45) is 3.78. The molecule has 176 valence electrons. The van der Waals surface area contributed by atoms with Crippen LogP contribution in [0.2, 0.25) is 0 Å². The van der Waals surface area contributed by atoms with Gasteiger partial charge in [0.2, 0.25) is 0 Å². The van der Waals surface area contributed by atoms with E-state index in [1.54, 1.807) is 18.4 Å². The van der Waals surface area contributed by atoms with Gasteiger partial charge in [-0.3, -0.25) is 9.69 Å². The van der Waals surface area contributed by atoms with Crippen molar-refractivity contribution in [1.82, 2.24) is 19.2 Å². The Morgan fingerprint density at radius 3 is 2.64 bits per heavy atom. The first-order chi connectivity index (χ1) is 16.0. The zero-order valence-electron chi connectivity index (χ0n) is 18.9. The van der Waals surface area contributed by atoms with Crippen molar-refractivity contribution in [2.45, 2.75) is 38.8 Å². The summed E-state index contributed by atoms with van der Waals surface area (Å²) in [5.74, 6) is 1.22. The first-order valence-corrected chi connectivity index (χ1v) is 11.7. The van der Waals surface area contributed by atoms with Gasteiger partial charge in [-0.1, -0.05) is 12.1 Å². The third-order valence-corrected chi connectivity index (χ3v) is 6.79. The van der Waals surface area contributed by atoms with E-state index in [0.29, 0.717) is 42.0 Å². The number of nitrogens with zero attached hydrogens (tertiary/aromatic N) is 4. The number of halogens is 1. The van der Waals surface area contributed by atoms with E-state index in [4.69, 9.17) is 21.4 Å². The Labute approximate surface area is 197 Å². The molecule has 4 rings (SSSR count). The minimum Gasteiger partial charge on any atom is -0.466 e. The van der Waals surface area contributed by atoms with Crippen LogP contribution in [0.5, 0.6) is 0 Å². The molecule has 1 aromatic carbocycles. The molecule has 2 aromatic heterocycles. The normalized spacial score (nSPS) is 16.1. The quantitative estimate of drug-likeness (QED) is 0.348. The molecule has 7 nitrogen and oxygen atoms in total. The Hall–Kier alpha value is -2.78. The average molecular weight is 473 g/mol. The van der Waals surface area contributed by atoms with Crippen LogP contribution in [0.1, 0.15) is 37.7 Å². The lowest BCUT2D eigenvalue weighted by molar-refractivity contribution is -0.144. The highest BCUT2D eigenvalue weighted by atomic mass is 32.1. The molecular weight excluding hydrogens is 443 g/mol. The van der Waals surface area contributed by atoms with Crippen LogP contribution in [0.3, 0.4) is 0 Å². The Bertz CT molecular complexity index is 1120. The number of rotatable bonds is 8. The molecule has 1 atom stereocenters. The number of benzene rings is 1. The van der Waals surface area contributed by atoms with Crippen LogP contribution in [0, 0.1) is 16.5 Å². The van der Waals surface area contributed by atoms with Crippen LogP contribution in [0.15, 0.2) is 47.1 Å². The molecule has 0 bridgehead atoms. The van der Waals surface area contributed by atoms with Gasteiger partial charge < -0.3 is 13.7 Å². The maximum Gasteiger partial charge on any atom is 0.306 e. The number of piperidine rings is 1. The molecule has 9 heteroatoms. The van der Waals surface area contributed by atoms with Gasteiger partial charge in [0.1, 0.15) is 5.82 Å². The summed E-state index contributed by atoms with van der Waals surface area (Å²) in [5, 5.41) is 4.66. The van der Waals surface area contributed by atoms with E-state index in [1.165, 1.54) is 12.1 Å². The zero-order chi connectivity index (χ0) is 23.4. The van der Waals surface area contributed by atoms with Gasteiger partial charge in [-0.05, 0) is 73.6 Å². The summed E-state index contributed by atoms with van der Waals surface area (Å²) in [5.41, 5.74) is 0.984. The molecule has 0 spiro atoms. The van der Waals surface area contributed by atoms with Crippen LogP contribution in [-0.4, -0.2) is 44.9 Å². The van der Waals surface area contributed by atoms with Crippen molar-refractivity contribution < 1.29 is 18.3 Å². The molecule has 3 heterocycles. The topological polar surface area (TPSA) is 65.4 Å². The largest absolute Gasteiger partial charge is 0.466 e. The summed E-state index contributed by atoms with van der Waals surface area (Å²) in [4.78, 5) is 14.6. The number of carbonyl (C=O) groups is 1. The highest BCUT2D eigenvalue weighted by molar-refractivity contribution is 7.71. The number of hydrogen-bond acceptors (Lipinski definition) is 6. The maximum absolute atomic E-state index is 13.5. The molecule has 1 saturated heterocycles. The van der Waals surface area contributed by atoms with Crippen molar-refractivity contribution in [3.8, 4) is 11.6 Å². The number of carbonyl (C=O) groups excluding carboxylic acids is 1. The number of hydrogen-bond donors (Lipinski definition) is 0. The molecule has 1 unspecified atom stereocenters. The minimum atomic E-state index is -0.274. The second-order valence-electron chi connectivity index (χ2n) is 8.41. The fraction of sp³-hybridized carbons (Fsp3) is 0.458. The van der Waals surface area contributed by atoms with Crippen LogP contribution in [0.4, 0.5) is 4.39 Å². The third kappa shape index (κ3) is 5.42. The van der Waals surface area contributed by atoms with Crippen LogP contribution < -0.4 is 0 Å². The van der Waals surface area contributed by atoms with Gasteiger partial charge in [-0.2, -0.15) is 0 Å². The van der Waals surface area contributed by atoms with Gasteiger partial charge in [0.25, 0.3) is 0 Å². The summed E-state index contributed by atoms with van der Waals surface area (Å²) < 4.78 is 28.5. The Morgan fingerprint density at radius 1 is 1.27 bits per heavy atom. The smallest absolute Gasteiger partial charge is 0.306 e. The molecule has 0 saturated carbocycles. The van der Waals surface area contributed by atoms with Gasteiger partial charge in [-0.25, -0.2) is 9.07 Å². The first-order valence-electron chi connectivity index (χ1n) is 11.3. The van der Waals surface area contributed by atoms with Crippen LogP contribution >= 0.6 is 12.2 Å². The fourth-order valence-electron chi connectivity index (χ4n) is 4.55. The number of likely N-dealkylation sites (tertiary alicyclic amines) is 1. The van der Waals surface area contributed by atoms with Crippen molar-refractivity contribution in [2.75, 3.05) is 19.7 Å². The van der Waals surface area contributed by atoms with Gasteiger partial charge in [0.15, 0.2) is 16.4 Å². The number of aromatic nitrogens is 3. The van der Waals surface area contributed by atoms with E-state index in [-0.39, 0.29) is 17.7 Å². The van der Waals surface area contributed by atoms with E-state index in [1.807, 2.05) is 35.4 Å². The van der Waals surface area contributed by atoms with E-state index >= 15 is 0 Å². The van der Waals surface area contributed by atoms with Crippen molar-refractivity contribution >= 4 is 18.2 Å². The average Bonchev–Trinajstić information content (AvgIpc) is 3.44. The summed E-state index contributed by atoms with van der Waals surface area (Å²) in [6, 6.07) is 10.2. The molecule has 3 aromatic rings.